The SMILES string of the molecule is CCCOc1cccc(/C(O)=C2\C(=O)C(=O)N(c3ccc(F)c(Cl)c3)C2c2ccc(O)c(OCC)c2)c1. The smallest absolute Gasteiger partial charge is 0.300 e. The van der Waals surface area contributed by atoms with Crippen molar-refractivity contribution in [2.45, 2.75) is 26.3 Å². The van der Waals surface area contributed by atoms with Crippen molar-refractivity contribution in [2.24, 2.45) is 0 Å². The van der Waals surface area contributed by atoms with E-state index in [1.54, 1.807) is 31.2 Å². The number of ether oxygens (including phenoxy) is 2. The highest BCUT2D eigenvalue weighted by molar-refractivity contribution is 6.51. The molecule has 7 nitrogen and oxygen atoms in total. The molecule has 1 aliphatic rings. The van der Waals surface area contributed by atoms with Crippen LogP contribution in [0.25, 0.3) is 5.76 Å². The number of hydrogen-bond acceptors (Lipinski definition) is 6. The van der Waals surface area contributed by atoms with Gasteiger partial charge in [0.05, 0.1) is 29.9 Å². The molecule has 1 amide bonds. The number of phenolic OH excluding ortho intramolecular Hbond substituents is 1. The summed E-state index contributed by atoms with van der Waals surface area (Å²) in [7, 11) is 0. The highest BCUT2D eigenvalue weighted by atomic mass is 35.5. The van der Waals surface area contributed by atoms with Gasteiger partial charge in [0.25, 0.3) is 11.7 Å². The molecule has 0 saturated carbocycles. The summed E-state index contributed by atoms with van der Waals surface area (Å²) >= 11 is 5.98. The predicted molar refractivity (Wildman–Crippen MR) is 138 cm³/mol. The number of carbonyl (C=O) groups is 2. The normalized spacial score (nSPS) is 16.8. The average Bonchev–Trinajstić information content (AvgIpc) is 3.16. The molecule has 4 rings (SSSR count). The van der Waals surface area contributed by atoms with E-state index in [1.807, 2.05) is 6.92 Å². The van der Waals surface area contributed by atoms with Crippen molar-refractivity contribution in [3.63, 3.8) is 0 Å². The third kappa shape index (κ3) is 5.11. The van der Waals surface area contributed by atoms with Crippen LogP contribution in [0.2, 0.25) is 5.02 Å². The van der Waals surface area contributed by atoms with Crippen molar-refractivity contribution in [2.75, 3.05) is 18.1 Å². The monoisotopic (exact) mass is 525 g/mol. The van der Waals surface area contributed by atoms with Gasteiger partial charge in [0.2, 0.25) is 0 Å². The number of carbonyl (C=O) groups excluding carboxylic acids is 2. The van der Waals surface area contributed by atoms with Crippen LogP contribution in [0.5, 0.6) is 17.2 Å². The fourth-order valence-corrected chi connectivity index (χ4v) is 4.30. The van der Waals surface area contributed by atoms with E-state index in [4.69, 9.17) is 21.1 Å². The first-order valence-electron chi connectivity index (χ1n) is 11.7. The topological polar surface area (TPSA) is 96.3 Å². The van der Waals surface area contributed by atoms with Gasteiger partial charge in [-0.3, -0.25) is 14.5 Å². The molecular formula is C28H25ClFNO6. The molecule has 0 aliphatic carbocycles. The van der Waals surface area contributed by atoms with Gasteiger partial charge in [-0.15, -0.1) is 0 Å². The molecular weight excluding hydrogens is 501 g/mol. The number of halogens is 2. The van der Waals surface area contributed by atoms with Gasteiger partial charge >= 0.3 is 0 Å². The van der Waals surface area contributed by atoms with Crippen molar-refractivity contribution >= 4 is 34.7 Å². The third-order valence-corrected chi connectivity index (χ3v) is 6.10. The minimum absolute atomic E-state index is 0.131. The molecule has 1 atom stereocenters. The van der Waals surface area contributed by atoms with Gasteiger partial charge < -0.3 is 19.7 Å². The maximum absolute atomic E-state index is 13.9. The molecule has 0 radical (unpaired) electrons. The Kier molecular flexibility index (Phi) is 7.69. The summed E-state index contributed by atoms with van der Waals surface area (Å²) in [5.41, 5.74) is 0.619. The maximum atomic E-state index is 13.9. The van der Waals surface area contributed by atoms with Gasteiger partial charge in [-0.2, -0.15) is 0 Å². The highest BCUT2D eigenvalue weighted by Crippen LogP contribution is 2.44. The maximum Gasteiger partial charge on any atom is 0.300 e. The third-order valence-electron chi connectivity index (χ3n) is 5.81. The van der Waals surface area contributed by atoms with Gasteiger partial charge in [-0.05, 0) is 61.4 Å². The van der Waals surface area contributed by atoms with E-state index in [0.717, 1.165) is 17.4 Å². The molecule has 192 valence electrons. The lowest BCUT2D eigenvalue weighted by Gasteiger charge is -2.26. The first kappa shape index (κ1) is 26.0. The van der Waals surface area contributed by atoms with E-state index >= 15 is 0 Å². The molecule has 1 heterocycles. The Balaban J connectivity index is 1.93. The molecule has 1 unspecified atom stereocenters. The number of benzene rings is 3. The van der Waals surface area contributed by atoms with Crippen LogP contribution < -0.4 is 14.4 Å². The van der Waals surface area contributed by atoms with Crippen molar-refractivity contribution in [3.8, 4) is 17.2 Å². The van der Waals surface area contributed by atoms with Crippen LogP contribution in [0.1, 0.15) is 37.4 Å². The van der Waals surface area contributed by atoms with E-state index in [9.17, 15) is 24.2 Å². The number of ketones is 1. The standard InChI is InChI=1S/C28H25ClFNO6/c1-3-12-37-19-7-5-6-17(13-19)26(33)24-25(16-8-11-22(32)23(14-16)36-4-2)31(28(35)27(24)34)18-9-10-21(30)20(29)15-18/h5-11,13-15,25,32-33H,3-4,12H2,1-2H3/b26-24+. The number of aliphatic hydroxyl groups is 1. The molecule has 2 N–H and O–H groups in total. The number of Topliss-reactive ketones (excluding diaryl/α,β-unsaturated/α-hetero) is 1. The molecule has 3 aromatic carbocycles. The summed E-state index contributed by atoms with van der Waals surface area (Å²) < 4.78 is 25.1. The van der Waals surface area contributed by atoms with Crippen LogP contribution in [0.4, 0.5) is 10.1 Å². The Bertz CT molecular complexity index is 1390. The second-order valence-electron chi connectivity index (χ2n) is 8.30. The van der Waals surface area contributed by atoms with E-state index in [0.29, 0.717) is 17.9 Å². The summed E-state index contributed by atoms with van der Waals surface area (Å²) in [6.07, 6.45) is 0.782. The van der Waals surface area contributed by atoms with Crippen LogP contribution in [0, 0.1) is 5.82 Å². The van der Waals surface area contributed by atoms with Gasteiger partial charge in [0, 0.05) is 11.3 Å². The van der Waals surface area contributed by atoms with E-state index in [-0.39, 0.29) is 40.0 Å². The minimum Gasteiger partial charge on any atom is -0.507 e. The van der Waals surface area contributed by atoms with Crippen molar-refractivity contribution in [1.29, 1.82) is 0 Å². The Labute approximate surface area is 218 Å². The first-order chi connectivity index (χ1) is 17.8. The molecule has 9 heteroatoms. The van der Waals surface area contributed by atoms with Crippen LogP contribution >= 0.6 is 11.6 Å². The largest absolute Gasteiger partial charge is 0.507 e. The number of phenols is 1. The lowest BCUT2D eigenvalue weighted by molar-refractivity contribution is -0.132. The van der Waals surface area contributed by atoms with Gasteiger partial charge in [-0.25, -0.2) is 4.39 Å². The van der Waals surface area contributed by atoms with Crippen molar-refractivity contribution in [1.82, 2.24) is 0 Å². The Hall–Kier alpha value is -4.04. The Morgan fingerprint density at radius 1 is 1.05 bits per heavy atom. The predicted octanol–water partition coefficient (Wildman–Crippen LogP) is 6.00. The summed E-state index contributed by atoms with van der Waals surface area (Å²) in [5, 5.41) is 21.3. The van der Waals surface area contributed by atoms with Crippen LogP contribution in [0.3, 0.4) is 0 Å². The fourth-order valence-electron chi connectivity index (χ4n) is 4.13. The number of hydrogen-bond donors (Lipinski definition) is 2. The summed E-state index contributed by atoms with van der Waals surface area (Å²) in [4.78, 5) is 27.8. The van der Waals surface area contributed by atoms with Crippen LogP contribution in [0.15, 0.2) is 66.2 Å². The molecule has 1 aliphatic heterocycles. The fraction of sp³-hybridized carbons (Fsp3) is 0.214. The van der Waals surface area contributed by atoms with Crippen LogP contribution in [-0.2, 0) is 9.59 Å². The van der Waals surface area contributed by atoms with Crippen LogP contribution in [-0.4, -0.2) is 35.1 Å². The number of anilines is 1. The Morgan fingerprint density at radius 2 is 1.84 bits per heavy atom. The van der Waals surface area contributed by atoms with E-state index in [1.165, 1.54) is 30.3 Å². The number of amides is 1. The summed E-state index contributed by atoms with van der Waals surface area (Å²) in [6, 6.07) is 13.4. The molecule has 0 aromatic heterocycles. The second kappa shape index (κ2) is 10.9. The van der Waals surface area contributed by atoms with Gasteiger partial charge in [-0.1, -0.05) is 36.7 Å². The number of aromatic hydroxyl groups is 1. The van der Waals surface area contributed by atoms with Gasteiger partial charge in [0.1, 0.15) is 17.3 Å². The average molecular weight is 526 g/mol. The molecule has 1 saturated heterocycles. The summed E-state index contributed by atoms with van der Waals surface area (Å²) in [5.74, 6) is -2.47. The van der Waals surface area contributed by atoms with Crippen molar-refractivity contribution in [3.05, 3.63) is 88.2 Å². The van der Waals surface area contributed by atoms with Crippen molar-refractivity contribution < 1.29 is 33.7 Å². The zero-order valence-corrected chi connectivity index (χ0v) is 21.0. The quantitative estimate of drug-likeness (QED) is 0.213. The Morgan fingerprint density at radius 3 is 2.54 bits per heavy atom. The molecule has 0 bridgehead atoms. The lowest BCUT2D eigenvalue weighted by Crippen LogP contribution is -2.29. The van der Waals surface area contributed by atoms with E-state index < -0.39 is 29.3 Å². The molecule has 3 aromatic rings. The molecule has 0 spiro atoms. The van der Waals surface area contributed by atoms with Gasteiger partial charge in [0.15, 0.2) is 11.5 Å². The highest BCUT2D eigenvalue weighted by Gasteiger charge is 2.47. The zero-order valence-electron chi connectivity index (χ0n) is 20.2. The molecule has 37 heavy (non-hydrogen) atoms. The first-order valence-corrected chi connectivity index (χ1v) is 12.1. The molecule has 1 fully saturated rings. The zero-order chi connectivity index (χ0) is 26.7. The van der Waals surface area contributed by atoms with E-state index in [2.05, 4.69) is 0 Å². The second-order valence-corrected chi connectivity index (χ2v) is 8.71. The lowest BCUT2D eigenvalue weighted by atomic mass is 9.94. The number of nitrogens with zero attached hydrogens (tertiary/aromatic N) is 1. The number of rotatable bonds is 8. The number of aliphatic hydroxyl groups excluding tert-OH is 1. The summed E-state index contributed by atoms with van der Waals surface area (Å²) in [6.45, 7) is 4.43. The minimum atomic E-state index is -1.12.